The van der Waals surface area contributed by atoms with Gasteiger partial charge in [-0.25, -0.2) is 5.10 Å². The van der Waals surface area contributed by atoms with E-state index < -0.39 is 18.1 Å². The number of benzene rings is 2. The zero-order chi connectivity index (χ0) is 16.7. The van der Waals surface area contributed by atoms with Gasteiger partial charge in [0.05, 0.1) is 17.5 Å². The van der Waals surface area contributed by atoms with Crippen LogP contribution in [0.15, 0.2) is 53.3 Å². The van der Waals surface area contributed by atoms with Crippen molar-refractivity contribution in [3.63, 3.8) is 0 Å². The smallest absolute Gasteiger partial charge is 0.272 e. The number of rotatable bonds is 2. The highest BCUT2D eigenvalue weighted by Gasteiger charge is 2.32. The van der Waals surface area contributed by atoms with E-state index in [4.69, 9.17) is 0 Å². The summed E-state index contributed by atoms with van der Waals surface area (Å²) in [5, 5.41) is 20.3. The zero-order valence-electron chi connectivity index (χ0n) is 12.7. The van der Waals surface area contributed by atoms with E-state index in [0.717, 1.165) is 11.1 Å². The van der Waals surface area contributed by atoms with Gasteiger partial charge in [0.15, 0.2) is 5.69 Å². The predicted molar refractivity (Wildman–Crippen MR) is 88.7 cm³/mol. The summed E-state index contributed by atoms with van der Waals surface area (Å²) < 4.78 is 0. The molecule has 0 fully saturated rings. The molecule has 0 saturated heterocycles. The molecule has 2 atom stereocenters. The van der Waals surface area contributed by atoms with Gasteiger partial charge < -0.3 is 10.4 Å². The van der Waals surface area contributed by atoms with Crippen LogP contribution in [0.3, 0.4) is 0 Å². The number of hydrogen-bond acceptors (Lipinski definition) is 4. The Morgan fingerprint density at radius 3 is 2.67 bits per heavy atom. The number of hydrogen-bond donors (Lipinski definition) is 3. The van der Waals surface area contributed by atoms with Crippen molar-refractivity contribution in [3.8, 4) is 0 Å². The van der Waals surface area contributed by atoms with Gasteiger partial charge in [-0.1, -0.05) is 42.5 Å². The highest BCUT2D eigenvalue weighted by Crippen LogP contribution is 2.31. The number of H-pyrrole nitrogens is 1. The molecule has 1 aromatic heterocycles. The Kier molecular flexibility index (Phi) is 3.39. The van der Waals surface area contributed by atoms with Crippen molar-refractivity contribution in [2.75, 3.05) is 0 Å². The van der Waals surface area contributed by atoms with Crippen LogP contribution in [-0.2, 0) is 6.42 Å². The number of aromatic amines is 1. The number of aliphatic hydroxyl groups excluding tert-OH is 1. The van der Waals surface area contributed by atoms with E-state index in [9.17, 15) is 14.7 Å². The molecule has 2 aromatic carbocycles. The average Bonchev–Trinajstić information content (AvgIpc) is 2.91. The summed E-state index contributed by atoms with van der Waals surface area (Å²) in [5.74, 6) is -0.428. The Labute approximate surface area is 137 Å². The average molecular weight is 321 g/mol. The third-order valence-electron chi connectivity index (χ3n) is 4.40. The van der Waals surface area contributed by atoms with Gasteiger partial charge in [-0.05, 0) is 17.2 Å². The summed E-state index contributed by atoms with van der Waals surface area (Å²) in [4.78, 5) is 24.5. The number of nitrogens with one attached hydrogen (secondary N) is 2. The molecule has 1 amide bonds. The summed E-state index contributed by atoms with van der Waals surface area (Å²) in [7, 11) is 0. The predicted octanol–water partition coefficient (Wildman–Crippen LogP) is 1.31. The summed E-state index contributed by atoms with van der Waals surface area (Å²) in [6.45, 7) is 0. The van der Waals surface area contributed by atoms with Crippen molar-refractivity contribution < 1.29 is 9.90 Å². The first-order valence-electron chi connectivity index (χ1n) is 7.69. The lowest BCUT2D eigenvalue weighted by molar-refractivity contribution is 0.0854. The van der Waals surface area contributed by atoms with Gasteiger partial charge in [-0.2, -0.15) is 5.10 Å². The van der Waals surface area contributed by atoms with Crippen LogP contribution in [0.5, 0.6) is 0 Å². The second-order valence-electron chi connectivity index (χ2n) is 5.87. The molecular formula is C18H15N3O3. The van der Waals surface area contributed by atoms with E-state index in [1.165, 1.54) is 0 Å². The number of carbonyl (C=O) groups is 1. The molecule has 6 nitrogen and oxygen atoms in total. The molecule has 120 valence electrons. The summed E-state index contributed by atoms with van der Waals surface area (Å²) in [6.07, 6.45) is -0.179. The topological polar surface area (TPSA) is 95.1 Å². The van der Waals surface area contributed by atoms with Crippen LogP contribution in [0, 0.1) is 0 Å². The van der Waals surface area contributed by atoms with Crippen molar-refractivity contribution in [3.05, 3.63) is 75.7 Å². The Morgan fingerprint density at radius 2 is 1.83 bits per heavy atom. The van der Waals surface area contributed by atoms with Gasteiger partial charge in [-0.15, -0.1) is 0 Å². The number of aliphatic hydroxyl groups is 1. The lowest BCUT2D eigenvalue weighted by Crippen LogP contribution is -2.35. The Balaban J connectivity index is 1.71. The van der Waals surface area contributed by atoms with Crippen molar-refractivity contribution in [1.29, 1.82) is 0 Å². The molecule has 24 heavy (non-hydrogen) atoms. The lowest BCUT2D eigenvalue weighted by atomic mass is 10.1. The Hall–Kier alpha value is -2.99. The summed E-state index contributed by atoms with van der Waals surface area (Å²) in [6, 6.07) is 14.0. The van der Waals surface area contributed by atoms with Gasteiger partial charge >= 0.3 is 0 Å². The van der Waals surface area contributed by atoms with E-state index in [0.29, 0.717) is 17.2 Å². The van der Waals surface area contributed by atoms with Gasteiger partial charge in [-0.3, -0.25) is 9.59 Å². The minimum Gasteiger partial charge on any atom is -0.390 e. The minimum atomic E-state index is -0.680. The number of amides is 1. The third-order valence-corrected chi connectivity index (χ3v) is 4.40. The first kappa shape index (κ1) is 14.6. The standard InChI is InChI=1S/C18H15N3O3/c22-14-9-10-5-1-2-6-11(10)15(14)19-18(24)16-12-7-3-4-8-13(12)17(23)21-20-16/h1-8,14-15,22H,9H2,(H,19,24)(H,21,23). The fourth-order valence-corrected chi connectivity index (χ4v) is 3.25. The molecule has 3 N–H and O–H groups in total. The number of fused-ring (bicyclic) bond motifs is 2. The fraction of sp³-hybridized carbons (Fsp3) is 0.167. The minimum absolute atomic E-state index is 0.141. The normalized spacial score (nSPS) is 19.2. The molecule has 1 aliphatic carbocycles. The maximum Gasteiger partial charge on any atom is 0.272 e. The zero-order valence-corrected chi connectivity index (χ0v) is 12.7. The summed E-state index contributed by atoms with van der Waals surface area (Å²) in [5.41, 5.74) is 1.73. The monoisotopic (exact) mass is 321 g/mol. The van der Waals surface area contributed by atoms with Crippen LogP contribution in [0.25, 0.3) is 10.8 Å². The highest BCUT2D eigenvalue weighted by molar-refractivity contribution is 6.04. The first-order valence-corrected chi connectivity index (χ1v) is 7.69. The van der Waals surface area contributed by atoms with Crippen LogP contribution in [-0.4, -0.2) is 27.3 Å². The molecule has 4 rings (SSSR count). The quantitative estimate of drug-likeness (QED) is 0.663. The van der Waals surface area contributed by atoms with Crippen LogP contribution < -0.4 is 10.9 Å². The molecule has 6 heteroatoms. The van der Waals surface area contributed by atoms with Crippen LogP contribution >= 0.6 is 0 Å². The molecule has 1 aliphatic rings. The lowest BCUT2D eigenvalue weighted by Gasteiger charge is -2.18. The highest BCUT2D eigenvalue weighted by atomic mass is 16.3. The molecule has 2 unspecified atom stereocenters. The van der Waals surface area contributed by atoms with Gasteiger partial charge in [0.1, 0.15) is 0 Å². The maximum atomic E-state index is 12.7. The van der Waals surface area contributed by atoms with Gasteiger partial charge in [0, 0.05) is 11.8 Å². The van der Waals surface area contributed by atoms with Crippen molar-refractivity contribution >= 4 is 16.7 Å². The van der Waals surface area contributed by atoms with Crippen molar-refractivity contribution in [1.82, 2.24) is 15.5 Å². The van der Waals surface area contributed by atoms with Crippen molar-refractivity contribution in [2.45, 2.75) is 18.6 Å². The molecule has 0 aliphatic heterocycles. The summed E-state index contributed by atoms with van der Waals surface area (Å²) >= 11 is 0. The molecule has 3 aromatic rings. The van der Waals surface area contributed by atoms with E-state index in [1.807, 2.05) is 24.3 Å². The molecule has 0 radical (unpaired) electrons. The van der Waals surface area contributed by atoms with Crippen LogP contribution in [0.4, 0.5) is 0 Å². The van der Waals surface area contributed by atoms with E-state index in [1.54, 1.807) is 24.3 Å². The van der Waals surface area contributed by atoms with Crippen LogP contribution in [0.2, 0.25) is 0 Å². The molecule has 0 saturated carbocycles. The first-order chi connectivity index (χ1) is 11.6. The number of nitrogens with zero attached hydrogens (tertiary/aromatic N) is 1. The van der Waals surface area contributed by atoms with Crippen LogP contribution in [0.1, 0.15) is 27.7 Å². The fourth-order valence-electron chi connectivity index (χ4n) is 3.25. The Bertz CT molecular complexity index is 996. The van der Waals surface area contributed by atoms with Gasteiger partial charge in [0.2, 0.25) is 0 Å². The molecular weight excluding hydrogens is 306 g/mol. The van der Waals surface area contributed by atoms with Gasteiger partial charge in [0.25, 0.3) is 11.5 Å². The molecule has 0 spiro atoms. The largest absolute Gasteiger partial charge is 0.390 e. The van der Waals surface area contributed by atoms with E-state index in [2.05, 4.69) is 15.5 Å². The second kappa shape index (κ2) is 5.58. The Morgan fingerprint density at radius 1 is 1.12 bits per heavy atom. The second-order valence-corrected chi connectivity index (χ2v) is 5.87. The number of carbonyl (C=O) groups excluding carboxylic acids is 1. The molecule has 1 heterocycles. The van der Waals surface area contributed by atoms with E-state index in [-0.39, 0.29) is 11.3 Å². The van der Waals surface area contributed by atoms with Crippen molar-refractivity contribution in [2.24, 2.45) is 0 Å². The molecule has 0 bridgehead atoms. The maximum absolute atomic E-state index is 12.7. The number of aromatic nitrogens is 2. The SMILES string of the molecule is O=C(NC1c2ccccc2CC1O)c1n[nH]c(=O)c2ccccc12. The van der Waals surface area contributed by atoms with E-state index >= 15 is 0 Å². The third kappa shape index (κ3) is 2.28.